The van der Waals surface area contributed by atoms with Gasteiger partial charge in [-0.25, -0.2) is 4.98 Å². The van der Waals surface area contributed by atoms with Gasteiger partial charge in [-0.15, -0.1) is 0 Å². The molecule has 0 aliphatic rings. The van der Waals surface area contributed by atoms with Gasteiger partial charge in [0, 0.05) is 24.0 Å². The Morgan fingerprint density at radius 1 is 1.13 bits per heavy atom. The number of benzene rings is 1. The first-order chi connectivity index (χ1) is 11.1. The quantitative estimate of drug-likeness (QED) is 0.731. The number of pyridine rings is 1. The third-order valence-corrected chi connectivity index (χ3v) is 4.37. The Morgan fingerprint density at radius 3 is 2.61 bits per heavy atom. The predicted molar refractivity (Wildman–Crippen MR) is 96.4 cm³/mol. The molecular weight excluding hydrogens is 284 g/mol. The van der Waals surface area contributed by atoms with E-state index in [9.17, 15) is 0 Å². The van der Waals surface area contributed by atoms with E-state index < -0.39 is 0 Å². The zero-order valence-electron chi connectivity index (χ0n) is 14.1. The van der Waals surface area contributed by atoms with Crippen molar-refractivity contribution >= 4 is 11.3 Å². The number of imidazole rings is 1. The molecule has 0 bridgehead atoms. The number of nitrogens with two attached hydrogens (primary N) is 1. The fourth-order valence-corrected chi connectivity index (χ4v) is 2.98. The maximum atomic E-state index is 5.98. The molecule has 1 aromatic carbocycles. The van der Waals surface area contributed by atoms with E-state index >= 15 is 0 Å². The first-order valence-electron chi connectivity index (χ1n) is 8.18. The van der Waals surface area contributed by atoms with Crippen molar-refractivity contribution in [2.24, 2.45) is 0 Å². The van der Waals surface area contributed by atoms with Gasteiger partial charge in [0.2, 0.25) is 0 Å². The highest BCUT2D eigenvalue weighted by atomic mass is 15.1. The van der Waals surface area contributed by atoms with Crippen LogP contribution in [0.15, 0.2) is 42.6 Å². The molecule has 3 rings (SSSR count). The highest BCUT2D eigenvalue weighted by molar-refractivity contribution is 5.70. The Hall–Kier alpha value is -2.33. The summed E-state index contributed by atoms with van der Waals surface area (Å²) in [5.74, 6) is 0. The third kappa shape index (κ3) is 2.94. The number of hydrogen-bond donors (Lipinski definition) is 1. The van der Waals surface area contributed by atoms with Crippen LogP contribution in [0.5, 0.6) is 0 Å². The predicted octanol–water partition coefficient (Wildman–Crippen LogP) is 3.73. The first-order valence-corrected chi connectivity index (χ1v) is 8.18. The van der Waals surface area contributed by atoms with Crippen LogP contribution in [0.4, 0.5) is 5.69 Å². The first kappa shape index (κ1) is 15.6. The smallest absolute Gasteiger partial charge is 0.140 e. The lowest BCUT2D eigenvalue weighted by Crippen LogP contribution is -2.23. The second kappa shape index (κ2) is 6.42. The van der Waals surface area contributed by atoms with Crippen molar-refractivity contribution in [2.75, 3.05) is 18.8 Å². The Morgan fingerprint density at radius 2 is 1.91 bits per heavy atom. The normalized spacial score (nSPS) is 11.5. The minimum atomic E-state index is 0.769. The molecule has 0 aliphatic heterocycles. The summed E-state index contributed by atoms with van der Waals surface area (Å²) in [7, 11) is 0. The van der Waals surface area contributed by atoms with E-state index in [0.29, 0.717) is 0 Å². The summed E-state index contributed by atoms with van der Waals surface area (Å²) in [4.78, 5) is 7.33. The molecule has 23 heavy (non-hydrogen) atoms. The molecule has 0 atom stereocenters. The van der Waals surface area contributed by atoms with Gasteiger partial charge >= 0.3 is 0 Å². The molecule has 0 fully saturated rings. The lowest BCUT2D eigenvalue weighted by molar-refractivity contribution is 0.292. The molecule has 0 amide bonds. The monoisotopic (exact) mass is 308 g/mol. The molecule has 2 N–H and O–H groups in total. The lowest BCUT2D eigenvalue weighted by Gasteiger charge is -2.18. The lowest BCUT2D eigenvalue weighted by atomic mass is 10.1. The summed E-state index contributed by atoms with van der Waals surface area (Å²) >= 11 is 0. The van der Waals surface area contributed by atoms with E-state index in [-0.39, 0.29) is 0 Å². The van der Waals surface area contributed by atoms with Crippen molar-refractivity contribution in [2.45, 2.75) is 27.3 Å². The molecule has 0 saturated carbocycles. The zero-order chi connectivity index (χ0) is 16.4. The van der Waals surface area contributed by atoms with Crippen molar-refractivity contribution in [1.29, 1.82) is 0 Å². The Kier molecular flexibility index (Phi) is 4.35. The minimum absolute atomic E-state index is 0.769. The van der Waals surface area contributed by atoms with Crippen molar-refractivity contribution in [1.82, 2.24) is 14.3 Å². The summed E-state index contributed by atoms with van der Waals surface area (Å²) in [6, 6.07) is 12.2. The molecule has 0 aliphatic carbocycles. The van der Waals surface area contributed by atoms with Crippen molar-refractivity contribution in [3.63, 3.8) is 0 Å². The number of aryl methyl sites for hydroxylation is 1. The maximum Gasteiger partial charge on any atom is 0.140 e. The van der Waals surface area contributed by atoms with Crippen LogP contribution in [0.25, 0.3) is 16.9 Å². The molecule has 0 saturated heterocycles. The topological polar surface area (TPSA) is 46.6 Å². The van der Waals surface area contributed by atoms with Gasteiger partial charge in [-0.05, 0) is 43.8 Å². The zero-order valence-corrected chi connectivity index (χ0v) is 14.1. The second-order valence-electron chi connectivity index (χ2n) is 5.88. The molecule has 2 heterocycles. The fraction of sp³-hybridized carbons (Fsp3) is 0.316. The third-order valence-electron chi connectivity index (χ3n) is 4.37. The molecule has 4 heteroatoms. The number of nitrogens with zero attached hydrogens (tertiary/aromatic N) is 3. The second-order valence-corrected chi connectivity index (χ2v) is 5.88. The van der Waals surface area contributed by atoms with Crippen LogP contribution in [-0.2, 0) is 6.54 Å². The molecule has 4 nitrogen and oxygen atoms in total. The highest BCUT2D eigenvalue weighted by Crippen LogP contribution is 2.28. The molecule has 120 valence electrons. The molecule has 0 spiro atoms. The Bertz CT molecular complexity index is 815. The van der Waals surface area contributed by atoms with Gasteiger partial charge in [-0.1, -0.05) is 32.0 Å². The van der Waals surface area contributed by atoms with Gasteiger partial charge in [0.25, 0.3) is 0 Å². The fourth-order valence-electron chi connectivity index (χ4n) is 2.98. The van der Waals surface area contributed by atoms with Gasteiger partial charge in [-0.2, -0.15) is 0 Å². The molecule has 0 radical (unpaired) electrons. The van der Waals surface area contributed by atoms with Gasteiger partial charge in [0.1, 0.15) is 5.65 Å². The van der Waals surface area contributed by atoms with E-state index in [2.05, 4.69) is 54.5 Å². The largest absolute Gasteiger partial charge is 0.399 e. The highest BCUT2D eigenvalue weighted by Gasteiger charge is 2.17. The summed E-state index contributed by atoms with van der Waals surface area (Å²) in [5.41, 5.74) is 12.3. The van der Waals surface area contributed by atoms with Gasteiger partial charge in [-0.3, -0.25) is 4.90 Å². The van der Waals surface area contributed by atoms with Crippen molar-refractivity contribution in [3.05, 3.63) is 53.9 Å². The van der Waals surface area contributed by atoms with Crippen molar-refractivity contribution in [3.8, 4) is 11.3 Å². The number of anilines is 1. The minimum Gasteiger partial charge on any atom is -0.399 e. The number of aromatic nitrogens is 2. The van der Waals surface area contributed by atoms with E-state index in [4.69, 9.17) is 10.7 Å². The molecular formula is C19H24N4. The van der Waals surface area contributed by atoms with Crippen molar-refractivity contribution < 1.29 is 0 Å². The van der Waals surface area contributed by atoms with Gasteiger partial charge in [0.05, 0.1) is 11.4 Å². The van der Waals surface area contributed by atoms with E-state index in [1.165, 1.54) is 11.3 Å². The molecule has 3 aromatic rings. The van der Waals surface area contributed by atoms with E-state index in [1.54, 1.807) is 0 Å². The summed E-state index contributed by atoms with van der Waals surface area (Å²) in [6.45, 7) is 9.41. The number of fused-ring (bicyclic) bond motifs is 1. The van der Waals surface area contributed by atoms with Crippen LogP contribution in [0.3, 0.4) is 0 Å². The van der Waals surface area contributed by atoms with E-state index in [1.807, 2.05) is 18.2 Å². The Balaban J connectivity index is 2.21. The average Bonchev–Trinajstić information content (AvgIpc) is 2.92. The Labute approximate surface area is 137 Å². The van der Waals surface area contributed by atoms with Crippen LogP contribution in [0, 0.1) is 6.92 Å². The van der Waals surface area contributed by atoms with Crippen LogP contribution in [-0.4, -0.2) is 27.4 Å². The number of nitrogen functional groups attached to an aromatic ring is 1. The van der Waals surface area contributed by atoms with Crippen LogP contribution in [0.1, 0.15) is 25.1 Å². The van der Waals surface area contributed by atoms with Crippen LogP contribution >= 0.6 is 0 Å². The van der Waals surface area contributed by atoms with Crippen LogP contribution in [0.2, 0.25) is 0 Å². The number of rotatable bonds is 5. The SMILES string of the molecule is CCN(CC)Cc1c(-c2cccc(N)c2)nc2c(C)cccn12. The summed E-state index contributed by atoms with van der Waals surface area (Å²) < 4.78 is 2.21. The number of hydrogen-bond acceptors (Lipinski definition) is 3. The summed E-state index contributed by atoms with van der Waals surface area (Å²) in [6.07, 6.45) is 2.10. The van der Waals surface area contributed by atoms with Gasteiger partial charge in [0.15, 0.2) is 0 Å². The van der Waals surface area contributed by atoms with Crippen LogP contribution < -0.4 is 5.73 Å². The van der Waals surface area contributed by atoms with E-state index in [0.717, 1.165) is 42.2 Å². The summed E-state index contributed by atoms with van der Waals surface area (Å²) in [5, 5.41) is 0. The van der Waals surface area contributed by atoms with Gasteiger partial charge < -0.3 is 10.1 Å². The maximum absolute atomic E-state index is 5.98. The average molecular weight is 308 g/mol. The molecule has 2 aromatic heterocycles. The standard InChI is InChI=1S/C19H24N4/c1-4-22(5-2)13-17-18(15-9-6-10-16(20)12-15)21-19-14(3)8-7-11-23(17)19/h6-12H,4-5,13,20H2,1-3H3. The molecule has 0 unspecified atom stereocenters.